The van der Waals surface area contributed by atoms with Crippen LogP contribution in [0.1, 0.15) is 11.4 Å². The zero-order chi connectivity index (χ0) is 21.1. The second-order valence-electron chi connectivity index (χ2n) is 6.32. The van der Waals surface area contributed by atoms with E-state index in [1.54, 1.807) is 66.7 Å². The van der Waals surface area contributed by atoms with Gasteiger partial charge in [-0.1, -0.05) is 48.0 Å². The SMILES string of the molecule is O=c1[nH]c(C=Cc2ccc(Oc3ccccc3Cl)c([N+](=O)[O-])c2)nc2ccccc12. The van der Waals surface area contributed by atoms with Crippen LogP contribution in [0.15, 0.2) is 71.5 Å². The van der Waals surface area contributed by atoms with Crippen LogP contribution in [0.25, 0.3) is 23.1 Å². The van der Waals surface area contributed by atoms with E-state index in [0.717, 1.165) is 0 Å². The first-order chi connectivity index (χ1) is 14.5. The maximum absolute atomic E-state index is 12.2. The molecule has 148 valence electrons. The van der Waals surface area contributed by atoms with E-state index in [1.165, 1.54) is 12.1 Å². The predicted octanol–water partition coefficient (Wildman–Crippen LogP) is 5.45. The number of H-pyrrole nitrogens is 1. The van der Waals surface area contributed by atoms with E-state index in [-0.39, 0.29) is 17.0 Å². The molecule has 1 N–H and O–H groups in total. The Kier molecular flexibility index (Phi) is 5.28. The Morgan fingerprint density at radius 2 is 1.77 bits per heavy atom. The van der Waals surface area contributed by atoms with E-state index in [1.807, 2.05) is 0 Å². The molecular formula is C22H14ClN3O4. The van der Waals surface area contributed by atoms with Gasteiger partial charge in [-0.05, 0) is 42.0 Å². The van der Waals surface area contributed by atoms with Crippen LogP contribution in [0.5, 0.6) is 11.5 Å². The van der Waals surface area contributed by atoms with Gasteiger partial charge in [0, 0.05) is 6.07 Å². The zero-order valence-electron chi connectivity index (χ0n) is 15.4. The Bertz CT molecular complexity index is 1350. The molecule has 7 nitrogen and oxygen atoms in total. The summed E-state index contributed by atoms with van der Waals surface area (Å²) in [5.74, 6) is 0.740. The Balaban J connectivity index is 1.65. The van der Waals surface area contributed by atoms with E-state index >= 15 is 0 Å². The van der Waals surface area contributed by atoms with E-state index in [2.05, 4.69) is 9.97 Å². The summed E-state index contributed by atoms with van der Waals surface area (Å²) in [6.07, 6.45) is 3.21. The van der Waals surface area contributed by atoms with Crippen molar-refractivity contribution < 1.29 is 9.66 Å². The monoisotopic (exact) mass is 419 g/mol. The number of aromatic amines is 1. The topological polar surface area (TPSA) is 98.1 Å². The van der Waals surface area contributed by atoms with E-state index < -0.39 is 4.92 Å². The van der Waals surface area contributed by atoms with Gasteiger partial charge in [-0.25, -0.2) is 4.98 Å². The summed E-state index contributed by atoms with van der Waals surface area (Å²) >= 11 is 6.07. The lowest BCUT2D eigenvalue weighted by molar-refractivity contribution is -0.385. The second kappa shape index (κ2) is 8.18. The largest absolute Gasteiger partial charge is 0.449 e. The van der Waals surface area contributed by atoms with E-state index in [0.29, 0.717) is 33.1 Å². The Labute approximate surface area is 175 Å². The molecule has 3 aromatic carbocycles. The van der Waals surface area contributed by atoms with Crippen molar-refractivity contribution in [1.29, 1.82) is 0 Å². The quantitative estimate of drug-likeness (QED) is 0.342. The number of rotatable bonds is 5. The van der Waals surface area contributed by atoms with Crippen LogP contribution in [-0.2, 0) is 0 Å². The molecule has 0 saturated carbocycles. The molecule has 0 saturated heterocycles. The first-order valence-electron chi connectivity index (χ1n) is 8.89. The van der Waals surface area contributed by atoms with Crippen LogP contribution in [0, 0.1) is 10.1 Å². The minimum absolute atomic E-state index is 0.0717. The van der Waals surface area contributed by atoms with Gasteiger partial charge >= 0.3 is 5.69 Å². The summed E-state index contributed by atoms with van der Waals surface area (Å²) in [5, 5.41) is 12.4. The fourth-order valence-corrected chi connectivity index (χ4v) is 3.05. The van der Waals surface area contributed by atoms with Crippen molar-refractivity contribution in [2.24, 2.45) is 0 Å². The summed E-state index contributed by atoms with van der Waals surface area (Å²) in [6.45, 7) is 0. The molecule has 1 aromatic heterocycles. The number of nitrogens with one attached hydrogen (secondary N) is 1. The van der Waals surface area contributed by atoms with Crippen LogP contribution in [0.4, 0.5) is 5.69 Å². The number of para-hydroxylation sites is 2. The van der Waals surface area contributed by atoms with Crippen molar-refractivity contribution in [1.82, 2.24) is 9.97 Å². The van der Waals surface area contributed by atoms with Crippen molar-refractivity contribution in [2.45, 2.75) is 0 Å². The number of hydrogen-bond acceptors (Lipinski definition) is 5. The minimum Gasteiger partial charge on any atom is -0.449 e. The third-order valence-electron chi connectivity index (χ3n) is 4.30. The van der Waals surface area contributed by atoms with Gasteiger partial charge in [-0.2, -0.15) is 0 Å². The third kappa shape index (κ3) is 4.06. The lowest BCUT2D eigenvalue weighted by atomic mass is 10.1. The van der Waals surface area contributed by atoms with Crippen LogP contribution < -0.4 is 10.3 Å². The van der Waals surface area contributed by atoms with Gasteiger partial charge in [0.2, 0.25) is 5.75 Å². The van der Waals surface area contributed by atoms with Crippen molar-refractivity contribution >= 4 is 40.3 Å². The maximum Gasteiger partial charge on any atom is 0.312 e. The molecule has 0 fully saturated rings. The first-order valence-corrected chi connectivity index (χ1v) is 9.27. The number of aromatic nitrogens is 2. The van der Waals surface area contributed by atoms with Crippen LogP contribution in [0.3, 0.4) is 0 Å². The highest BCUT2D eigenvalue weighted by molar-refractivity contribution is 6.32. The molecule has 0 aliphatic heterocycles. The summed E-state index contributed by atoms with van der Waals surface area (Å²) in [5.41, 5.74) is 0.645. The van der Waals surface area contributed by atoms with Gasteiger partial charge in [0.1, 0.15) is 11.6 Å². The van der Waals surface area contributed by atoms with Crippen LogP contribution in [0.2, 0.25) is 5.02 Å². The van der Waals surface area contributed by atoms with E-state index in [9.17, 15) is 14.9 Å². The molecule has 4 rings (SSSR count). The summed E-state index contributed by atoms with van der Waals surface area (Å²) in [6, 6.07) is 18.3. The molecule has 0 atom stereocenters. The van der Waals surface area contributed by atoms with Gasteiger partial charge in [0.05, 0.1) is 20.8 Å². The molecule has 4 aromatic rings. The second-order valence-corrected chi connectivity index (χ2v) is 6.73. The Hall–Kier alpha value is -3.97. The smallest absolute Gasteiger partial charge is 0.312 e. The molecule has 1 heterocycles. The maximum atomic E-state index is 12.2. The molecule has 0 amide bonds. The fourth-order valence-electron chi connectivity index (χ4n) is 2.87. The Morgan fingerprint density at radius 1 is 1.00 bits per heavy atom. The van der Waals surface area contributed by atoms with E-state index in [4.69, 9.17) is 16.3 Å². The molecular weight excluding hydrogens is 406 g/mol. The lowest BCUT2D eigenvalue weighted by Gasteiger charge is -2.08. The molecule has 0 unspecified atom stereocenters. The molecule has 30 heavy (non-hydrogen) atoms. The highest BCUT2D eigenvalue weighted by Crippen LogP contribution is 2.35. The standard InChI is InChI=1S/C22H14ClN3O4/c23-16-6-2-4-8-19(16)30-20-11-9-14(13-18(20)26(28)29)10-12-21-24-17-7-3-1-5-15(17)22(27)25-21/h1-13H,(H,24,25,27). The number of nitro benzene ring substituents is 1. The molecule has 0 bridgehead atoms. The van der Waals surface area contributed by atoms with Crippen LogP contribution >= 0.6 is 11.6 Å². The predicted molar refractivity (Wildman–Crippen MR) is 116 cm³/mol. The number of ether oxygens (including phenoxy) is 1. The van der Waals surface area contributed by atoms with Crippen molar-refractivity contribution in [3.63, 3.8) is 0 Å². The highest BCUT2D eigenvalue weighted by atomic mass is 35.5. The number of hydrogen-bond donors (Lipinski definition) is 1. The minimum atomic E-state index is -0.528. The van der Waals surface area contributed by atoms with Gasteiger partial charge in [-0.15, -0.1) is 0 Å². The summed E-state index contributed by atoms with van der Waals surface area (Å²) in [7, 11) is 0. The number of fused-ring (bicyclic) bond motifs is 1. The summed E-state index contributed by atoms with van der Waals surface area (Å²) < 4.78 is 5.63. The molecule has 0 aliphatic rings. The normalized spacial score (nSPS) is 11.1. The number of benzene rings is 3. The molecule has 0 aliphatic carbocycles. The fraction of sp³-hybridized carbons (Fsp3) is 0. The average Bonchev–Trinajstić information content (AvgIpc) is 2.74. The highest BCUT2D eigenvalue weighted by Gasteiger charge is 2.17. The lowest BCUT2D eigenvalue weighted by Crippen LogP contribution is -2.09. The van der Waals surface area contributed by atoms with Crippen LogP contribution in [-0.4, -0.2) is 14.9 Å². The number of halogens is 1. The zero-order valence-corrected chi connectivity index (χ0v) is 16.2. The van der Waals surface area contributed by atoms with Gasteiger partial charge in [-0.3, -0.25) is 14.9 Å². The summed E-state index contributed by atoms with van der Waals surface area (Å²) in [4.78, 5) is 30.2. The number of nitrogens with zero attached hydrogens (tertiary/aromatic N) is 2. The van der Waals surface area contributed by atoms with Gasteiger partial charge < -0.3 is 9.72 Å². The van der Waals surface area contributed by atoms with Gasteiger partial charge in [0.25, 0.3) is 5.56 Å². The molecule has 8 heteroatoms. The van der Waals surface area contributed by atoms with Crippen molar-refractivity contribution in [3.8, 4) is 11.5 Å². The average molecular weight is 420 g/mol. The molecule has 0 spiro atoms. The Morgan fingerprint density at radius 3 is 2.57 bits per heavy atom. The van der Waals surface area contributed by atoms with Gasteiger partial charge in [0.15, 0.2) is 0 Å². The number of nitro groups is 1. The first kappa shape index (κ1) is 19.4. The third-order valence-corrected chi connectivity index (χ3v) is 4.61. The van der Waals surface area contributed by atoms with Crippen molar-refractivity contribution in [3.05, 3.63) is 104 Å². The van der Waals surface area contributed by atoms with Crippen molar-refractivity contribution in [2.75, 3.05) is 0 Å². The molecule has 0 radical (unpaired) electrons.